The van der Waals surface area contributed by atoms with Gasteiger partial charge in [0.1, 0.15) is 11.5 Å². The van der Waals surface area contributed by atoms with Gasteiger partial charge < -0.3 is 24.6 Å². The Labute approximate surface area is 220 Å². The van der Waals surface area contributed by atoms with E-state index in [1.165, 1.54) is 11.3 Å². The van der Waals surface area contributed by atoms with E-state index in [0.717, 1.165) is 75.4 Å². The van der Waals surface area contributed by atoms with Crippen LogP contribution in [0, 0.1) is 0 Å². The van der Waals surface area contributed by atoms with Gasteiger partial charge in [0.05, 0.1) is 14.2 Å². The van der Waals surface area contributed by atoms with Crippen LogP contribution >= 0.6 is 24.0 Å². The molecule has 0 aliphatic carbocycles. The van der Waals surface area contributed by atoms with Gasteiger partial charge in [-0.1, -0.05) is 24.3 Å². The molecule has 184 valence electrons. The van der Waals surface area contributed by atoms with Crippen molar-refractivity contribution in [3.63, 3.8) is 0 Å². The first kappa shape index (κ1) is 26.2. The Kier molecular flexibility index (Phi) is 9.88. The lowest BCUT2D eigenvalue weighted by Gasteiger charge is -2.36. The van der Waals surface area contributed by atoms with Crippen LogP contribution in [0.3, 0.4) is 0 Å². The third-order valence-corrected chi connectivity index (χ3v) is 6.31. The maximum Gasteiger partial charge on any atom is 0.194 e. The molecule has 2 heterocycles. The Morgan fingerprint density at radius 2 is 1.74 bits per heavy atom. The van der Waals surface area contributed by atoms with Crippen molar-refractivity contribution in [1.82, 2.24) is 15.1 Å². The number of hydrogen-bond acceptors (Lipinski definition) is 5. The fourth-order valence-electron chi connectivity index (χ4n) is 4.43. The fourth-order valence-corrected chi connectivity index (χ4v) is 4.43. The van der Waals surface area contributed by atoms with E-state index in [2.05, 4.69) is 67.5 Å². The highest BCUT2D eigenvalue weighted by Gasteiger charge is 2.21. The summed E-state index contributed by atoms with van der Waals surface area (Å²) in [5.74, 6) is 2.73. The minimum atomic E-state index is 0. The molecule has 0 saturated carbocycles. The Morgan fingerprint density at radius 1 is 0.971 bits per heavy atom. The van der Waals surface area contributed by atoms with Crippen molar-refractivity contribution in [2.75, 3.05) is 65.4 Å². The fraction of sp³-hybridized carbons (Fsp3) is 0.423. The van der Waals surface area contributed by atoms with Crippen molar-refractivity contribution < 1.29 is 9.47 Å². The molecule has 2 aliphatic rings. The first-order chi connectivity index (χ1) is 16.2. The third kappa shape index (κ3) is 6.56. The molecule has 0 radical (unpaired) electrons. The lowest BCUT2D eigenvalue weighted by atomic mass is 10.1. The molecule has 1 fully saturated rings. The SMILES string of the molecule is CN=C(NCc1cccc(N2CC=CC2)c1)N1CCN(Cc2cc(OC)ccc2OC)CC1.I. The molecule has 0 amide bonds. The van der Waals surface area contributed by atoms with E-state index >= 15 is 0 Å². The van der Waals surface area contributed by atoms with E-state index in [4.69, 9.17) is 9.47 Å². The number of hydrogen-bond donors (Lipinski definition) is 1. The number of aliphatic imine (C=N–C) groups is 1. The van der Waals surface area contributed by atoms with Gasteiger partial charge in [0.15, 0.2) is 5.96 Å². The van der Waals surface area contributed by atoms with E-state index < -0.39 is 0 Å². The molecule has 34 heavy (non-hydrogen) atoms. The lowest BCUT2D eigenvalue weighted by Crippen LogP contribution is -2.52. The first-order valence-electron chi connectivity index (χ1n) is 11.6. The minimum absolute atomic E-state index is 0. The molecule has 0 spiro atoms. The number of piperazine rings is 1. The average molecular weight is 578 g/mol. The van der Waals surface area contributed by atoms with Gasteiger partial charge in [-0.25, -0.2) is 0 Å². The molecule has 1 N–H and O–H groups in total. The van der Waals surface area contributed by atoms with Crippen LogP contribution in [-0.4, -0.2) is 76.3 Å². The summed E-state index contributed by atoms with van der Waals surface area (Å²) in [6, 6.07) is 14.7. The van der Waals surface area contributed by atoms with Crippen LogP contribution in [-0.2, 0) is 13.1 Å². The van der Waals surface area contributed by atoms with Gasteiger partial charge in [0, 0.05) is 70.7 Å². The highest BCUT2D eigenvalue weighted by atomic mass is 127. The molecule has 0 bridgehead atoms. The van der Waals surface area contributed by atoms with Gasteiger partial charge in [0.2, 0.25) is 0 Å². The van der Waals surface area contributed by atoms with Crippen LogP contribution in [0.15, 0.2) is 59.6 Å². The van der Waals surface area contributed by atoms with Gasteiger partial charge in [0.25, 0.3) is 0 Å². The van der Waals surface area contributed by atoms with Crippen molar-refractivity contribution in [2.24, 2.45) is 4.99 Å². The molecule has 8 heteroatoms. The normalized spacial score (nSPS) is 16.4. The van der Waals surface area contributed by atoms with Gasteiger partial charge in [-0.2, -0.15) is 0 Å². The number of ether oxygens (including phenoxy) is 2. The van der Waals surface area contributed by atoms with Gasteiger partial charge in [-0.05, 0) is 35.9 Å². The molecular formula is C26H36IN5O2. The van der Waals surface area contributed by atoms with Crippen LogP contribution in [0.1, 0.15) is 11.1 Å². The monoisotopic (exact) mass is 577 g/mol. The highest BCUT2D eigenvalue weighted by molar-refractivity contribution is 14.0. The largest absolute Gasteiger partial charge is 0.497 e. The maximum absolute atomic E-state index is 5.55. The molecule has 0 unspecified atom stereocenters. The summed E-state index contributed by atoms with van der Waals surface area (Å²) in [6.45, 7) is 7.41. The van der Waals surface area contributed by atoms with Crippen LogP contribution in [0.25, 0.3) is 0 Å². The standard InChI is InChI=1S/C26H35N5O2.HI/c1-27-26(28-19-21-7-6-8-23(17-21)30-11-4-5-12-30)31-15-13-29(14-16-31)20-22-18-24(32-2)9-10-25(22)33-3;/h4-10,17-18H,11-16,19-20H2,1-3H3,(H,27,28);1H. The van der Waals surface area contributed by atoms with Crippen LogP contribution in [0.2, 0.25) is 0 Å². The van der Waals surface area contributed by atoms with Crippen molar-refractivity contribution >= 4 is 35.6 Å². The Hall–Kier alpha value is -2.46. The lowest BCUT2D eigenvalue weighted by molar-refractivity contribution is 0.171. The third-order valence-electron chi connectivity index (χ3n) is 6.31. The summed E-state index contributed by atoms with van der Waals surface area (Å²) in [5, 5.41) is 3.56. The topological polar surface area (TPSA) is 52.6 Å². The molecule has 0 aromatic heterocycles. The van der Waals surface area contributed by atoms with Crippen molar-refractivity contribution in [2.45, 2.75) is 13.1 Å². The summed E-state index contributed by atoms with van der Waals surface area (Å²) in [5.41, 5.74) is 3.70. The van der Waals surface area contributed by atoms with Crippen molar-refractivity contribution in [3.8, 4) is 11.5 Å². The number of methoxy groups -OCH3 is 2. The summed E-state index contributed by atoms with van der Waals surface area (Å²) in [7, 11) is 5.28. The zero-order valence-electron chi connectivity index (χ0n) is 20.4. The second kappa shape index (κ2) is 12.9. The van der Waals surface area contributed by atoms with Gasteiger partial charge >= 0.3 is 0 Å². The van der Waals surface area contributed by atoms with Gasteiger partial charge in [-0.15, -0.1) is 24.0 Å². The second-order valence-corrected chi connectivity index (χ2v) is 8.39. The van der Waals surface area contributed by atoms with Crippen LogP contribution in [0.4, 0.5) is 5.69 Å². The molecule has 2 aliphatic heterocycles. The number of anilines is 1. The van der Waals surface area contributed by atoms with E-state index in [1.807, 2.05) is 19.2 Å². The first-order valence-corrected chi connectivity index (χ1v) is 11.6. The number of halogens is 1. The summed E-state index contributed by atoms with van der Waals surface area (Å²) in [4.78, 5) is 11.7. The smallest absolute Gasteiger partial charge is 0.194 e. The Bertz CT molecular complexity index is 981. The van der Waals surface area contributed by atoms with E-state index in [9.17, 15) is 0 Å². The number of guanidine groups is 1. The number of rotatable bonds is 7. The van der Waals surface area contributed by atoms with E-state index in [1.54, 1.807) is 14.2 Å². The van der Waals surface area contributed by atoms with Gasteiger partial charge in [-0.3, -0.25) is 9.89 Å². The summed E-state index contributed by atoms with van der Waals surface area (Å²) < 4.78 is 10.9. The minimum Gasteiger partial charge on any atom is -0.497 e. The Balaban J connectivity index is 0.00000324. The molecule has 4 rings (SSSR count). The molecule has 0 atom stereocenters. The highest BCUT2D eigenvalue weighted by Crippen LogP contribution is 2.25. The zero-order valence-corrected chi connectivity index (χ0v) is 22.7. The van der Waals surface area contributed by atoms with Crippen LogP contribution < -0.4 is 19.7 Å². The number of nitrogens with zero attached hydrogens (tertiary/aromatic N) is 4. The predicted octanol–water partition coefficient (Wildman–Crippen LogP) is 3.59. The molecule has 1 saturated heterocycles. The molecule has 2 aromatic rings. The second-order valence-electron chi connectivity index (χ2n) is 8.39. The van der Waals surface area contributed by atoms with Crippen molar-refractivity contribution in [3.05, 3.63) is 65.7 Å². The Morgan fingerprint density at radius 3 is 2.41 bits per heavy atom. The maximum atomic E-state index is 5.55. The average Bonchev–Trinajstić information content (AvgIpc) is 3.41. The quantitative estimate of drug-likeness (QED) is 0.235. The number of nitrogens with one attached hydrogen (secondary N) is 1. The molecule has 7 nitrogen and oxygen atoms in total. The molecular weight excluding hydrogens is 541 g/mol. The summed E-state index contributed by atoms with van der Waals surface area (Å²) >= 11 is 0. The number of benzene rings is 2. The molecule has 2 aromatic carbocycles. The van der Waals surface area contributed by atoms with Crippen molar-refractivity contribution in [1.29, 1.82) is 0 Å². The van der Waals surface area contributed by atoms with E-state index in [0.29, 0.717) is 0 Å². The zero-order chi connectivity index (χ0) is 23.0. The van der Waals surface area contributed by atoms with Crippen LogP contribution in [0.5, 0.6) is 11.5 Å². The summed E-state index contributed by atoms with van der Waals surface area (Å²) in [6.07, 6.45) is 4.44. The predicted molar refractivity (Wildman–Crippen MR) is 150 cm³/mol. The van der Waals surface area contributed by atoms with E-state index in [-0.39, 0.29) is 24.0 Å².